The van der Waals surface area contributed by atoms with Crippen LogP contribution >= 0.6 is 0 Å². The van der Waals surface area contributed by atoms with Gasteiger partial charge in [-0.05, 0) is 6.08 Å². The number of carbonyl (C=O) groups excluding carboxylic acids is 2. The van der Waals surface area contributed by atoms with E-state index in [-0.39, 0.29) is 12.1 Å². The van der Waals surface area contributed by atoms with Gasteiger partial charge in [0.2, 0.25) is 12.3 Å². The summed E-state index contributed by atoms with van der Waals surface area (Å²) in [6.45, 7) is 10.1. The monoisotopic (exact) mass is 237 g/mol. The molecule has 1 unspecified atom stereocenters. The first-order valence-corrected chi connectivity index (χ1v) is 5.59. The van der Waals surface area contributed by atoms with E-state index in [0.29, 0.717) is 13.1 Å². The van der Waals surface area contributed by atoms with Gasteiger partial charge >= 0.3 is 0 Å². The molecule has 1 atom stereocenters. The van der Waals surface area contributed by atoms with Crippen molar-refractivity contribution in [2.24, 2.45) is 0 Å². The van der Waals surface area contributed by atoms with Gasteiger partial charge < -0.3 is 9.80 Å². The quantitative estimate of drug-likeness (QED) is 0.381. The summed E-state index contributed by atoms with van der Waals surface area (Å²) < 4.78 is 0. The third-order valence-electron chi connectivity index (χ3n) is 3.00. The van der Waals surface area contributed by atoms with Gasteiger partial charge in [0.1, 0.15) is 6.17 Å². The number of nitrogens with zero attached hydrogens (tertiary/aromatic N) is 3. The van der Waals surface area contributed by atoms with Crippen LogP contribution in [0.2, 0.25) is 0 Å². The Labute approximate surface area is 102 Å². The van der Waals surface area contributed by atoms with Gasteiger partial charge in [-0.3, -0.25) is 14.5 Å². The Kier molecular flexibility index (Phi) is 4.90. The van der Waals surface area contributed by atoms with E-state index in [0.717, 1.165) is 19.5 Å². The molecule has 1 aliphatic rings. The molecule has 0 spiro atoms. The SMILES string of the molecule is C=CC(=O)N(C)C(C=C)N1CCN(C=O)CC1. The summed E-state index contributed by atoms with van der Waals surface area (Å²) >= 11 is 0. The topological polar surface area (TPSA) is 43.9 Å². The van der Waals surface area contributed by atoms with Crippen molar-refractivity contribution in [3.05, 3.63) is 25.3 Å². The Morgan fingerprint density at radius 2 is 1.88 bits per heavy atom. The van der Waals surface area contributed by atoms with Gasteiger partial charge in [0, 0.05) is 33.2 Å². The number of likely N-dealkylation sites (N-methyl/N-ethyl adjacent to an activating group) is 1. The second-order valence-electron chi connectivity index (χ2n) is 3.98. The first-order chi connectivity index (χ1) is 8.13. The van der Waals surface area contributed by atoms with E-state index in [9.17, 15) is 9.59 Å². The first-order valence-electron chi connectivity index (χ1n) is 5.59. The molecular formula is C12H19N3O2. The summed E-state index contributed by atoms with van der Waals surface area (Å²) in [5, 5.41) is 0. The van der Waals surface area contributed by atoms with Crippen LogP contribution in [0.1, 0.15) is 0 Å². The highest BCUT2D eigenvalue weighted by molar-refractivity contribution is 5.87. The van der Waals surface area contributed by atoms with Crippen LogP contribution in [0, 0.1) is 0 Å². The first kappa shape index (κ1) is 13.4. The molecule has 0 bridgehead atoms. The van der Waals surface area contributed by atoms with Crippen molar-refractivity contribution in [2.45, 2.75) is 6.17 Å². The van der Waals surface area contributed by atoms with E-state index in [4.69, 9.17) is 0 Å². The molecule has 0 radical (unpaired) electrons. The number of hydrogen-bond acceptors (Lipinski definition) is 3. The summed E-state index contributed by atoms with van der Waals surface area (Å²) in [5.41, 5.74) is 0. The molecule has 1 fully saturated rings. The molecule has 94 valence electrons. The third kappa shape index (κ3) is 3.17. The number of amides is 2. The van der Waals surface area contributed by atoms with Crippen molar-refractivity contribution in [2.75, 3.05) is 33.2 Å². The van der Waals surface area contributed by atoms with Crippen LogP contribution in [0.15, 0.2) is 25.3 Å². The normalized spacial score (nSPS) is 18.3. The fourth-order valence-electron chi connectivity index (χ4n) is 1.93. The predicted molar refractivity (Wildman–Crippen MR) is 66.2 cm³/mol. The zero-order valence-corrected chi connectivity index (χ0v) is 10.2. The Morgan fingerprint density at radius 1 is 1.29 bits per heavy atom. The molecule has 5 nitrogen and oxygen atoms in total. The van der Waals surface area contributed by atoms with Gasteiger partial charge in [-0.25, -0.2) is 0 Å². The molecule has 0 aromatic heterocycles. The van der Waals surface area contributed by atoms with Crippen LogP contribution < -0.4 is 0 Å². The Bertz CT molecular complexity index is 309. The number of carbonyl (C=O) groups is 2. The lowest BCUT2D eigenvalue weighted by molar-refractivity contribution is -0.130. The molecule has 5 heteroatoms. The van der Waals surface area contributed by atoms with E-state index in [1.165, 1.54) is 6.08 Å². The molecule has 0 aromatic carbocycles. The number of hydrogen-bond donors (Lipinski definition) is 0. The van der Waals surface area contributed by atoms with E-state index < -0.39 is 0 Å². The minimum Gasteiger partial charge on any atom is -0.343 e. The number of piperazine rings is 1. The second-order valence-corrected chi connectivity index (χ2v) is 3.98. The third-order valence-corrected chi connectivity index (χ3v) is 3.00. The molecule has 0 aromatic rings. The van der Waals surface area contributed by atoms with E-state index in [2.05, 4.69) is 18.1 Å². The minimum atomic E-state index is -0.144. The van der Waals surface area contributed by atoms with Crippen LogP contribution in [-0.4, -0.2) is 66.4 Å². The maximum Gasteiger partial charge on any atom is 0.247 e. The smallest absolute Gasteiger partial charge is 0.247 e. The lowest BCUT2D eigenvalue weighted by Gasteiger charge is -2.40. The average Bonchev–Trinajstić information content (AvgIpc) is 2.39. The maximum absolute atomic E-state index is 11.5. The average molecular weight is 237 g/mol. The zero-order valence-electron chi connectivity index (χ0n) is 10.2. The highest BCUT2D eigenvalue weighted by Gasteiger charge is 2.25. The summed E-state index contributed by atoms with van der Waals surface area (Å²) in [4.78, 5) is 27.6. The van der Waals surface area contributed by atoms with Crippen molar-refractivity contribution in [1.29, 1.82) is 0 Å². The fraction of sp³-hybridized carbons (Fsp3) is 0.500. The molecule has 0 aliphatic carbocycles. The summed E-state index contributed by atoms with van der Waals surface area (Å²) in [5.74, 6) is -0.132. The van der Waals surface area contributed by atoms with Crippen LogP contribution in [0.5, 0.6) is 0 Å². The Hall–Kier alpha value is -1.62. The van der Waals surface area contributed by atoms with Crippen molar-refractivity contribution < 1.29 is 9.59 Å². The molecule has 0 saturated carbocycles. The van der Waals surface area contributed by atoms with E-state index in [1.54, 1.807) is 22.9 Å². The van der Waals surface area contributed by atoms with Crippen molar-refractivity contribution in [1.82, 2.24) is 14.7 Å². The van der Waals surface area contributed by atoms with Gasteiger partial charge in [0.15, 0.2) is 0 Å². The van der Waals surface area contributed by atoms with Crippen molar-refractivity contribution in [3.8, 4) is 0 Å². The molecule has 1 aliphatic heterocycles. The van der Waals surface area contributed by atoms with Gasteiger partial charge in [0.05, 0.1) is 0 Å². The molecule has 17 heavy (non-hydrogen) atoms. The number of rotatable bonds is 5. The van der Waals surface area contributed by atoms with Crippen LogP contribution in [0.4, 0.5) is 0 Å². The highest BCUT2D eigenvalue weighted by atomic mass is 16.2. The van der Waals surface area contributed by atoms with Crippen LogP contribution in [0.25, 0.3) is 0 Å². The van der Waals surface area contributed by atoms with Gasteiger partial charge in [-0.15, -0.1) is 0 Å². The lowest BCUT2D eigenvalue weighted by atomic mass is 10.2. The van der Waals surface area contributed by atoms with E-state index >= 15 is 0 Å². The van der Waals surface area contributed by atoms with Gasteiger partial charge in [-0.1, -0.05) is 19.2 Å². The molecule has 2 amide bonds. The largest absolute Gasteiger partial charge is 0.343 e. The van der Waals surface area contributed by atoms with Crippen molar-refractivity contribution >= 4 is 12.3 Å². The van der Waals surface area contributed by atoms with E-state index in [1.807, 2.05) is 0 Å². The predicted octanol–water partition coefficient (Wildman–Crippen LogP) is -0.0831. The van der Waals surface area contributed by atoms with Gasteiger partial charge in [-0.2, -0.15) is 0 Å². The van der Waals surface area contributed by atoms with Gasteiger partial charge in [0.25, 0.3) is 0 Å². The summed E-state index contributed by atoms with van der Waals surface area (Å²) in [7, 11) is 1.72. The van der Waals surface area contributed by atoms with Crippen LogP contribution in [0.3, 0.4) is 0 Å². The van der Waals surface area contributed by atoms with Crippen LogP contribution in [-0.2, 0) is 9.59 Å². The summed E-state index contributed by atoms with van der Waals surface area (Å²) in [6.07, 6.45) is 3.74. The fourth-order valence-corrected chi connectivity index (χ4v) is 1.93. The molecule has 1 saturated heterocycles. The second kappa shape index (κ2) is 6.20. The Balaban J connectivity index is 2.63. The standard InChI is InChI=1S/C12H19N3O2/c1-4-11(13(3)12(17)5-2)15-8-6-14(10-16)7-9-15/h4-5,10-11H,1-2,6-9H2,3H3. The van der Waals surface area contributed by atoms with Crippen molar-refractivity contribution in [3.63, 3.8) is 0 Å². The molecule has 1 heterocycles. The lowest BCUT2D eigenvalue weighted by Crippen LogP contribution is -2.55. The maximum atomic E-state index is 11.5. The Morgan fingerprint density at radius 3 is 2.29 bits per heavy atom. The summed E-state index contributed by atoms with van der Waals surface area (Å²) in [6, 6.07) is 0. The molecular weight excluding hydrogens is 218 g/mol. The molecule has 0 N–H and O–H groups in total. The highest BCUT2D eigenvalue weighted by Crippen LogP contribution is 2.10. The molecule has 1 rings (SSSR count). The minimum absolute atomic E-state index is 0.132. The zero-order chi connectivity index (χ0) is 12.8.